The Morgan fingerprint density at radius 1 is 1.30 bits per heavy atom. The minimum Gasteiger partial charge on any atom is -0.377 e. The van der Waals surface area contributed by atoms with Gasteiger partial charge >= 0.3 is 0 Å². The van der Waals surface area contributed by atoms with Crippen molar-refractivity contribution in [3.05, 3.63) is 70.3 Å². The van der Waals surface area contributed by atoms with E-state index < -0.39 is 22.9 Å². The van der Waals surface area contributed by atoms with Gasteiger partial charge in [-0.05, 0) is 44.4 Å². The van der Waals surface area contributed by atoms with Gasteiger partial charge in [-0.15, -0.1) is 0 Å². The van der Waals surface area contributed by atoms with E-state index in [4.69, 9.17) is 10.1 Å². The van der Waals surface area contributed by atoms with Crippen LogP contribution in [0, 0.1) is 28.3 Å². The molecular formula is C21H23F3N2O. The fraction of sp³-hybridized carbons (Fsp3) is 0.381. The highest BCUT2D eigenvalue weighted by molar-refractivity contribution is 5.71. The topological polar surface area (TPSA) is 36.3 Å². The lowest BCUT2D eigenvalue weighted by molar-refractivity contribution is 0.140. The number of nitrogens with one attached hydrogen (secondary N) is 1. The van der Waals surface area contributed by atoms with Crippen LogP contribution in [-0.2, 0) is 11.2 Å². The number of likely N-dealkylation sites (tertiary alicyclic amines) is 1. The second-order valence-electron chi connectivity index (χ2n) is 7.00. The van der Waals surface area contributed by atoms with E-state index >= 15 is 0 Å². The molecule has 6 heteroatoms. The van der Waals surface area contributed by atoms with E-state index in [0.717, 1.165) is 17.0 Å². The van der Waals surface area contributed by atoms with Gasteiger partial charge in [0.2, 0.25) is 0 Å². The van der Waals surface area contributed by atoms with Crippen molar-refractivity contribution in [1.29, 1.82) is 5.41 Å². The zero-order valence-electron chi connectivity index (χ0n) is 15.7. The van der Waals surface area contributed by atoms with Crippen LogP contribution >= 0.6 is 0 Å². The number of ether oxygens (including phenoxy) is 1. The number of halogens is 3. The van der Waals surface area contributed by atoms with E-state index in [9.17, 15) is 13.2 Å². The number of benzene rings is 1. The standard InChI is InChI=1S/C21H23F3N2O/c1-4-26-19-6-5-14(27-3)11-16(19)21(2,20(26)7-8-25)12-15-17(23)9-13(22)10-18(15)24/h6-11,14,25H,4-5,12H2,1-3H3/b20-7-,25-8?. The van der Waals surface area contributed by atoms with Gasteiger partial charge in [0.25, 0.3) is 0 Å². The molecule has 0 amide bonds. The summed E-state index contributed by atoms with van der Waals surface area (Å²) in [5.74, 6) is -2.74. The lowest BCUT2D eigenvalue weighted by Gasteiger charge is -2.30. The van der Waals surface area contributed by atoms with Gasteiger partial charge in [-0.2, -0.15) is 0 Å². The van der Waals surface area contributed by atoms with Crippen molar-refractivity contribution < 1.29 is 17.9 Å². The Balaban J connectivity index is 2.17. The highest BCUT2D eigenvalue weighted by atomic mass is 19.1. The van der Waals surface area contributed by atoms with Gasteiger partial charge in [0.15, 0.2) is 0 Å². The summed E-state index contributed by atoms with van der Waals surface area (Å²) < 4.78 is 47.6. The number of allylic oxidation sites excluding steroid dienone is 3. The van der Waals surface area contributed by atoms with Gasteiger partial charge in [-0.25, -0.2) is 13.2 Å². The Morgan fingerprint density at radius 2 is 1.96 bits per heavy atom. The van der Waals surface area contributed by atoms with E-state index in [1.54, 1.807) is 13.2 Å². The molecule has 1 fully saturated rings. The van der Waals surface area contributed by atoms with Crippen molar-refractivity contribution in [2.24, 2.45) is 5.41 Å². The van der Waals surface area contributed by atoms with Crippen LogP contribution in [0.15, 0.2) is 47.3 Å². The fourth-order valence-corrected chi connectivity index (χ4v) is 4.10. The van der Waals surface area contributed by atoms with Crippen molar-refractivity contribution in [3.63, 3.8) is 0 Å². The summed E-state index contributed by atoms with van der Waals surface area (Å²) in [7, 11) is 1.62. The molecule has 0 bridgehead atoms. The number of nitrogens with zero attached hydrogens (tertiary/aromatic N) is 1. The summed E-state index contributed by atoms with van der Waals surface area (Å²) >= 11 is 0. The summed E-state index contributed by atoms with van der Waals surface area (Å²) in [4.78, 5) is 2.06. The summed E-state index contributed by atoms with van der Waals surface area (Å²) in [5.41, 5.74) is 1.75. The number of hydrogen-bond acceptors (Lipinski definition) is 3. The highest BCUT2D eigenvalue weighted by Gasteiger charge is 2.47. The van der Waals surface area contributed by atoms with Crippen LogP contribution < -0.4 is 0 Å². The first-order valence-electron chi connectivity index (χ1n) is 8.93. The van der Waals surface area contributed by atoms with Gasteiger partial charge in [0.05, 0.1) is 6.10 Å². The van der Waals surface area contributed by atoms with E-state index in [-0.39, 0.29) is 18.1 Å². The Morgan fingerprint density at radius 3 is 2.52 bits per heavy atom. The number of methoxy groups -OCH3 is 1. The average Bonchev–Trinajstić information content (AvgIpc) is 2.86. The minimum atomic E-state index is -0.937. The van der Waals surface area contributed by atoms with Gasteiger partial charge < -0.3 is 15.0 Å². The predicted octanol–water partition coefficient (Wildman–Crippen LogP) is 4.75. The van der Waals surface area contributed by atoms with Crippen LogP contribution in [0.3, 0.4) is 0 Å². The number of rotatable bonds is 5. The van der Waals surface area contributed by atoms with Crippen LogP contribution in [-0.4, -0.2) is 30.9 Å². The largest absolute Gasteiger partial charge is 0.377 e. The molecule has 144 valence electrons. The maximum absolute atomic E-state index is 14.4. The summed E-state index contributed by atoms with van der Waals surface area (Å²) in [6, 6.07) is 1.41. The quantitative estimate of drug-likeness (QED) is 0.753. The summed E-state index contributed by atoms with van der Waals surface area (Å²) in [6.07, 6.45) is 7.49. The smallest absolute Gasteiger partial charge is 0.132 e. The lowest BCUT2D eigenvalue weighted by atomic mass is 9.74. The van der Waals surface area contributed by atoms with Crippen molar-refractivity contribution >= 4 is 6.21 Å². The molecule has 27 heavy (non-hydrogen) atoms. The minimum absolute atomic E-state index is 0.0146. The maximum atomic E-state index is 14.4. The lowest BCUT2D eigenvalue weighted by Crippen LogP contribution is -2.26. The summed E-state index contributed by atoms with van der Waals surface area (Å²) in [5, 5.41) is 7.55. The van der Waals surface area contributed by atoms with Crippen molar-refractivity contribution in [2.45, 2.75) is 32.8 Å². The first-order chi connectivity index (χ1) is 12.8. The first kappa shape index (κ1) is 19.4. The molecule has 3 nitrogen and oxygen atoms in total. The average molecular weight is 376 g/mol. The molecule has 2 atom stereocenters. The zero-order valence-corrected chi connectivity index (χ0v) is 15.7. The molecule has 1 aliphatic carbocycles. The molecule has 1 aromatic rings. The number of fused-ring (bicyclic) bond motifs is 1. The monoisotopic (exact) mass is 376 g/mol. The van der Waals surface area contributed by atoms with Gasteiger partial charge in [0, 0.05) is 54.4 Å². The highest BCUT2D eigenvalue weighted by Crippen LogP contribution is 2.53. The van der Waals surface area contributed by atoms with Crippen LogP contribution in [0.1, 0.15) is 25.8 Å². The first-order valence-corrected chi connectivity index (χ1v) is 8.93. The predicted molar refractivity (Wildman–Crippen MR) is 99.0 cm³/mol. The zero-order chi connectivity index (χ0) is 19.8. The third kappa shape index (κ3) is 3.23. The molecule has 1 aromatic carbocycles. The van der Waals surface area contributed by atoms with E-state index in [1.165, 1.54) is 6.21 Å². The second kappa shape index (κ2) is 7.35. The van der Waals surface area contributed by atoms with Gasteiger partial charge in [0.1, 0.15) is 17.5 Å². The molecule has 2 aliphatic rings. The molecule has 2 unspecified atom stereocenters. The van der Waals surface area contributed by atoms with Gasteiger partial charge in [-0.3, -0.25) is 0 Å². The molecule has 0 spiro atoms. The molecule has 0 radical (unpaired) electrons. The summed E-state index contributed by atoms with van der Waals surface area (Å²) in [6.45, 7) is 4.55. The van der Waals surface area contributed by atoms with E-state index in [1.807, 2.05) is 19.9 Å². The van der Waals surface area contributed by atoms with Crippen LogP contribution in [0.25, 0.3) is 0 Å². The molecule has 0 saturated carbocycles. The van der Waals surface area contributed by atoms with E-state index in [0.29, 0.717) is 25.1 Å². The van der Waals surface area contributed by atoms with Gasteiger partial charge in [-0.1, -0.05) is 6.08 Å². The molecular weight excluding hydrogens is 353 g/mol. The Kier molecular flexibility index (Phi) is 5.29. The fourth-order valence-electron chi connectivity index (χ4n) is 4.10. The Labute approximate surface area is 157 Å². The SMILES string of the molecule is CCN1C2=CCC(OC)C=C2C(C)(Cc2c(F)cc(F)cc2F)/C1=C/C=N. The molecule has 1 N–H and O–H groups in total. The maximum Gasteiger partial charge on any atom is 0.132 e. The molecule has 0 aromatic heterocycles. The molecule has 1 aliphatic heterocycles. The third-order valence-electron chi connectivity index (χ3n) is 5.41. The van der Waals surface area contributed by atoms with Crippen molar-refractivity contribution in [3.8, 4) is 0 Å². The number of likely N-dealkylation sites (N-methyl/N-ethyl adjacent to an activating group) is 1. The molecule has 1 saturated heterocycles. The van der Waals surface area contributed by atoms with Crippen molar-refractivity contribution in [1.82, 2.24) is 4.90 Å². The second-order valence-corrected chi connectivity index (χ2v) is 7.00. The number of hydrogen-bond donors (Lipinski definition) is 1. The molecule has 1 heterocycles. The van der Waals surface area contributed by atoms with Crippen LogP contribution in [0.5, 0.6) is 0 Å². The molecule has 3 rings (SSSR count). The normalized spacial score (nSPS) is 26.1. The van der Waals surface area contributed by atoms with E-state index in [2.05, 4.69) is 11.0 Å². The van der Waals surface area contributed by atoms with Crippen LogP contribution in [0.4, 0.5) is 13.2 Å². The van der Waals surface area contributed by atoms with Crippen LogP contribution in [0.2, 0.25) is 0 Å². The Bertz CT molecular complexity index is 836. The van der Waals surface area contributed by atoms with Crippen molar-refractivity contribution in [2.75, 3.05) is 13.7 Å². The Hall–Kier alpha value is -2.34. The third-order valence-corrected chi connectivity index (χ3v) is 5.41.